The smallest absolute Gasteiger partial charge is 0.285 e. The Morgan fingerprint density at radius 3 is 2.40 bits per heavy atom. The molecule has 0 fully saturated rings. The SMILES string of the molecule is Cc1cccc(COc2cccc(C(=O)Nc3ccc(SC(=O)N(C)C)cc3)c2)c1. The van der Waals surface area contributed by atoms with Gasteiger partial charge in [0, 0.05) is 30.2 Å². The molecule has 0 aliphatic carbocycles. The Hall–Kier alpha value is -3.25. The lowest BCUT2D eigenvalue weighted by molar-refractivity contribution is 0.102. The van der Waals surface area contributed by atoms with Gasteiger partial charge in [0.15, 0.2) is 0 Å². The van der Waals surface area contributed by atoms with Crippen molar-refractivity contribution in [3.05, 3.63) is 89.5 Å². The van der Waals surface area contributed by atoms with Gasteiger partial charge >= 0.3 is 0 Å². The second-order valence-electron chi connectivity index (χ2n) is 7.05. The molecule has 0 spiro atoms. The molecule has 1 N–H and O–H groups in total. The van der Waals surface area contributed by atoms with E-state index in [-0.39, 0.29) is 11.1 Å². The van der Waals surface area contributed by atoms with E-state index in [4.69, 9.17) is 4.74 Å². The Morgan fingerprint density at radius 2 is 1.70 bits per heavy atom. The number of ether oxygens (including phenoxy) is 1. The monoisotopic (exact) mass is 420 g/mol. The van der Waals surface area contributed by atoms with Crippen LogP contribution in [0.15, 0.2) is 77.7 Å². The zero-order valence-corrected chi connectivity index (χ0v) is 18.0. The van der Waals surface area contributed by atoms with Gasteiger partial charge in [-0.1, -0.05) is 35.9 Å². The molecule has 0 aliphatic heterocycles. The zero-order valence-electron chi connectivity index (χ0n) is 17.2. The average molecular weight is 421 g/mol. The summed E-state index contributed by atoms with van der Waals surface area (Å²) in [5.74, 6) is 0.416. The summed E-state index contributed by atoms with van der Waals surface area (Å²) in [4.78, 5) is 26.7. The van der Waals surface area contributed by atoms with E-state index in [1.165, 1.54) is 10.5 Å². The van der Waals surface area contributed by atoms with Crippen molar-refractivity contribution in [2.45, 2.75) is 18.4 Å². The molecule has 5 nitrogen and oxygen atoms in total. The first-order valence-electron chi connectivity index (χ1n) is 9.49. The van der Waals surface area contributed by atoms with Gasteiger partial charge in [0.1, 0.15) is 12.4 Å². The minimum atomic E-state index is -0.222. The third-order valence-electron chi connectivity index (χ3n) is 4.27. The largest absolute Gasteiger partial charge is 0.489 e. The Morgan fingerprint density at radius 1 is 0.967 bits per heavy atom. The number of amides is 2. The maximum atomic E-state index is 12.6. The maximum Gasteiger partial charge on any atom is 0.285 e. The van der Waals surface area contributed by atoms with Crippen LogP contribution in [0.2, 0.25) is 0 Å². The topological polar surface area (TPSA) is 58.6 Å². The van der Waals surface area contributed by atoms with E-state index in [9.17, 15) is 9.59 Å². The van der Waals surface area contributed by atoms with Crippen LogP contribution in [0.1, 0.15) is 21.5 Å². The molecule has 0 heterocycles. The molecule has 0 aromatic heterocycles. The molecular weight excluding hydrogens is 396 g/mol. The second kappa shape index (κ2) is 9.98. The summed E-state index contributed by atoms with van der Waals surface area (Å²) in [6.45, 7) is 2.48. The van der Waals surface area contributed by atoms with Crippen LogP contribution in [0.5, 0.6) is 5.75 Å². The second-order valence-corrected chi connectivity index (χ2v) is 8.07. The lowest BCUT2D eigenvalue weighted by atomic mass is 10.1. The molecule has 30 heavy (non-hydrogen) atoms. The van der Waals surface area contributed by atoms with Crippen LogP contribution in [-0.4, -0.2) is 30.1 Å². The molecule has 0 saturated heterocycles. The number of rotatable bonds is 6. The molecule has 0 bridgehead atoms. The third-order valence-corrected chi connectivity index (χ3v) is 5.31. The van der Waals surface area contributed by atoms with E-state index in [0.29, 0.717) is 23.6 Å². The van der Waals surface area contributed by atoms with E-state index < -0.39 is 0 Å². The first-order chi connectivity index (χ1) is 14.4. The van der Waals surface area contributed by atoms with Crippen molar-refractivity contribution >= 4 is 28.6 Å². The predicted molar refractivity (Wildman–Crippen MR) is 121 cm³/mol. The number of nitrogens with one attached hydrogen (secondary N) is 1. The molecule has 3 rings (SSSR count). The lowest BCUT2D eigenvalue weighted by Gasteiger charge is -2.11. The number of benzene rings is 3. The van der Waals surface area contributed by atoms with Crippen molar-refractivity contribution < 1.29 is 14.3 Å². The van der Waals surface area contributed by atoms with Crippen LogP contribution >= 0.6 is 11.8 Å². The molecular formula is C24H24N2O3S. The first-order valence-corrected chi connectivity index (χ1v) is 10.3. The molecule has 6 heteroatoms. The maximum absolute atomic E-state index is 12.6. The lowest BCUT2D eigenvalue weighted by Crippen LogP contribution is -2.16. The van der Waals surface area contributed by atoms with Crippen molar-refractivity contribution in [3.63, 3.8) is 0 Å². The fraction of sp³-hybridized carbons (Fsp3) is 0.167. The Balaban J connectivity index is 1.60. The van der Waals surface area contributed by atoms with Crippen LogP contribution in [0.25, 0.3) is 0 Å². The van der Waals surface area contributed by atoms with Gasteiger partial charge in [-0.25, -0.2) is 0 Å². The van der Waals surface area contributed by atoms with Crippen LogP contribution in [0.3, 0.4) is 0 Å². The molecule has 2 amide bonds. The van der Waals surface area contributed by atoms with E-state index in [2.05, 4.69) is 11.4 Å². The minimum absolute atomic E-state index is 0.0470. The summed E-state index contributed by atoms with van der Waals surface area (Å²) in [7, 11) is 3.42. The van der Waals surface area contributed by atoms with Gasteiger partial charge in [-0.2, -0.15) is 0 Å². The average Bonchev–Trinajstić information content (AvgIpc) is 2.74. The van der Waals surface area contributed by atoms with Gasteiger partial charge in [-0.3, -0.25) is 9.59 Å². The van der Waals surface area contributed by atoms with E-state index >= 15 is 0 Å². The number of carbonyl (C=O) groups is 2. The van der Waals surface area contributed by atoms with Crippen LogP contribution in [0.4, 0.5) is 10.5 Å². The summed E-state index contributed by atoms with van der Waals surface area (Å²) < 4.78 is 5.84. The highest BCUT2D eigenvalue weighted by atomic mass is 32.2. The van der Waals surface area contributed by atoms with E-state index in [0.717, 1.165) is 22.2 Å². The van der Waals surface area contributed by atoms with Crippen LogP contribution in [0, 0.1) is 6.92 Å². The van der Waals surface area contributed by atoms with Gasteiger partial charge in [0.2, 0.25) is 0 Å². The van der Waals surface area contributed by atoms with Gasteiger partial charge in [-0.15, -0.1) is 0 Å². The summed E-state index contributed by atoms with van der Waals surface area (Å²) in [5, 5.41) is 2.82. The summed E-state index contributed by atoms with van der Waals surface area (Å²) in [5.41, 5.74) is 3.43. The normalized spacial score (nSPS) is 10.4. The summed E-state index contributed by atoms with van der Waals surface area (Å²) in [6.07, 6.45) is 0. The predicted octanol–water partition coefficient (Wildman–Crippen LogP) is 5.60. The number of hydrogen-bond donors (Lipinski definition) is 1. The van der Waals surface area contributed by atoms with Gasteiger partial charge in [0.25, 0.3) is 11.1 Å². The van der Waals surface area contributed by atoms with Crippen molar-refractivity contribution in [1.82, 2.24) is 4.90 Å². The molecule has 3 aromatic rings. The number of thioether (sulfide) groups is 1. The standard InChI is InChI=1S/C24H24N2O3S/c1-17-6-4-7-18(14-17)16-29-21-9-5-8-19(15-21)23(27)25-20-10-12-22(13-11-20)30-24(28)26(2)3/h4-15H,16H2,1-3H3,(H,25,27). The minimum Gasteiger partial charge on any atom is -0.489 e. The van der Waals surface area contributed by atoms with Crippen molar-refractivity contribution in [3.8, 4) is 5.75 Å². The molecule has 0 aliphatic rings. The number of nitrogens with zero attached hydrogens (tertiary/aromatic N) is 1. The molecule has 0 atom stereocenters. The number of aryl methyl sites for hydroxylation is 1. The summed E-state index contributed by atoms with van der Waals surface area (Å²) in [6, 6.07) is 22.4. The molecule has 154 valence electrons. The van der Waals surface area contributed by atoms with Crippen LogP contribution < -0.4 is 10.1 Å². The highest BCUT2D eigenvalue weighted by Crippen LogP contribution is 2.23. The zero-order chi connectivity index (χ0) is 21.5. The first kappa shape index (κ1) is 21.5. The highest BCUT2D eigenvalue weighted by molar-refractivity contribution is 8.13. The number of hydrogen-bond acceptors (Lipinski definition) is 4. The van der Waals surface area contributed by atoms with Crippen molar-refractivity contribution in [2.75, 3.05) is 19.4 Å². The molecule has 3 aromatic carbocycles. The summed E-state index contributed by atoms with van der Waals surface area (Å²) >= 11 is 1.14. The molecule has 0 saturated carbocycles. The van der Waals surface area contributed by atoms with Gasteiger partial charge in [-0.05, 0) is 66.7 Å². The van der Waals surface area contributed by atoms with Crippen molar-refractivity contribution in [1.29, 1.82) is 0 Å². The fourth-order valence-electron chi connectivity index (χ4n) is 2.70. The Kier molecular flexibility index (Phi) is 7.14. The Labute approximate surface area is 181 Å². The Bertz CT molecular complexity index is 1030. The van der Waals surface area contributed by atoms with Crippen LogP contribution in [-0.2, 0) is 6.61 Å². The number of anilines is 1. The van der Waals surface area contributed by atoms with Crippen molar-refractivity contribution in [2.24, 2.45) is 0 Å². The fourth-order valence-corrected chi connectivity index (χ4v) is 3.35. The number of carbonyl (C=O) groups excluding carboxylic acids is 2. The highest BCUT2D eigenvalue weighted by Gasteiger charge is 2.09. The quantitative estimate of drug-likeness (QED) is 0.527. The third kappa shape index (κ3) is 6.12. The van der Waals surface area contributed by atoms with E-state index in [1.807, 2.05) is 43.3 Å². The van der Waals surface area contributed by atoms with E-state index in [1.54, 1.807) is 44.4 Å². The van der Waals surface area contributed by atoms with Gasteiger partial charge < -0.3 is 15.0 Å². The van der Waals surface area contributed by atoms with Gasteiger partial charge in [0.05, 0.1) is 0 Å². The molecule has 0 radical (unpaired) electrons. The molecule has 0 unspecified atom stereocenters.